The van der Waals surface area contributed by atoms with Gasteiger partial charge in [-0.2, -0.15) is 5.10 Å². The summed E-state index contributed by atoms with van der Waals surface area (Å²) in [5.41, 5.74) is 5.81. The van der Waals surface area contributed by atoms with Crippen molar-refractivity contribution in [2.45, 2.75) is 51.7 Å². The number of anilines is 1. The molecule has 1 aliphatic heterocycles. The van der Waals surface area contributed by atoms with E-state index in [4.69, 9.17) is 10.2 Å². The molecule has 0 bridgehead atoms. The molecule has 2 atom stereocenters. The lowest BCUT2D eigenvalue weighted by atomic mass is 9.97. The van der Waals surface area contributed by atoms with Gasteiger partial charge in [-0.25, -0.2) is 4.68 Å². The van der Waals surface area contributed by atoms with Crippen molar-refractivity contribution < 1.29 is 9.21 Å². The van der Waals surface area contributed by atoms with Crippen LogP contribution in [-0.4, -0.2) is 32.7 Å². The summed E-state index contributed by atoms with van der Waals surface area (Å²) in [7, 11) is 0. The molecule has 0 aliphatic carbocycles. The second-order valence-electron chi connectivity index (χ2n) is 6.35. The Kier molecular flexibility index (Phi) is 4.42. The molecule has 2 N–H and O–H groups in total. The number of hydrogen-bond acceptors (Lipinski definition) is 5. The quantitative estimate of drug-likeness (QED) is 0.927. The van der Waals surface area contributed by atoms with Gasteiger partial charge in [0.15, 0.2) is 5.76 Å². The zero-order valence-electron chi connectivity index (χ0n) is 13.9. The molecule has 3 heterocycles. The van der Waals surface area contributed by atoms with Crippen LogP contribution in [0, 0.1) is 0 Å². The number of likely N-dealkylation sites (tertiary alicyclic amines) is 1. The van der Waals surface area contributed by atoms with Crippen LogP contribution >= 0.6 is 0 Å². The minimum atomic E-state index is -0.462. The van der Waals surface area contributed by atoms with Crippen LogP contribution in [0.3, 0.4) is 0 Å². The van der Waals surface area contributed by atoms with E-state index in [0.29, 0.717) is 11.5 Å². The summed E-state index contributed by atoms with van der Waals surface area (Å²) in [5.74, 6) is 0.392. The van der Waals surface area contributed by atoms with E-state index in [9.17, 15) is 9.59 Å². The smallest absolute Gasteiger partial charge is 0.290 e. The van der Waals surface area contributed by atoms with Gasteiger partial charge in [0.05, 0.1) is 6.26 Å². The van der Waals surface area contributed by atoms with Gasteiger partial charge in [-0.3, -0.25) is 9.59 Å². The molecule has 3 rings (SSSR count). The van der Waals surface area contributed by atoms with Gasteiger partial charge in [0.2, 0.25) is 5.91 Å². The highest BCUT2D eigenvalue weighted by atomic mass is 16.3. The highest BCUT2D eigenvalue weighted by molar-refractivity contribution is 5.77. The predicted octanol–water partition coefficient (Wildman–Crippen LogP) is 1.88. The average Bonchev–Trinajstić information content (AvgIpc) is 3.06. The molecule has 24 heavy (non-hydrogen) atoms. The van der Waals surface area contributed by atoms with Gasteiger partial charge in [0, 0.05) is 12.1 Å². The second-order valence-corrected chi connectivity index (χ2v) is 6.35. The van der Waals surface area contributed by atoms with Crippen molar-refractivity contribution in [3.05, 3.63) is 34.8 Å². The number of aromatic nitrogens is 2. The number of hydrogen-bond donors (Lipinski definition) is 1. The fraction of sp³-hybridized carbons (Fsp3) is 0.471. The van der Waals surface area contributed by atoms with Gasteiger partial charge in [0.25, 0.3) is 5.56 Å². The van der Waals surface area contributed by atoms with Crippen molar-refractivity contribution >= 4 is 11.6 Å². The molecule has 1 saturated heterocycles. The summed E-state index contributed by atoms with van der Waals surface area (Å²) in [5, 5.41) is 4.24. The Morgan fingerprint density at radius 1 is 1.38 bits per heavy atom. The van der Waals surface area contributed by atoms with Crippen molar-refractivity contribution in [3.8, 4) is 11.5 Å². The Morgan fingerprint density at radius 2 is 2.08 bits per heavy atom. The molecular weight excluding hydrogens is 308 g/mol. The third kappa shape index (κ3) is 3.06. The van der Waals surface area contributed by atoms with E-state index in [1.54, 1.807) is 12.1 Å². The first-order valence-electron chi connectivity index (χ1n) is 8.20. The van der Waals surface area contributed by atoms with E-state index in [1.807, 2.05) is 18.7 Å². The Morgan fingerprint density at radius 3 is 2.71 bits per heavy atom. The second kappa shape index (κ2) is 6.51. The summed E-state index contributed by atoms with van der Waals surface area (Å²) < 4.78 is 6.42. The molecule has 0 spiro atoms. The zero-order chi connectivity index (χ0) is 17.3. The van der Waals surface area contributed by atoms with Gasteiger partial charge < -0.3 is 15.1 Å². The molecule has 0 unspecified atom stereocenters. The van der Waals surface area contributed by atoms with Gasteiger partial charge in [-0.05, 0) is 51.3 Å². The molecule has 0 radical (unpaired) electrons. The maximum Gasteiger partial charge on any atom is 0.290 e. The standard InChI is InChI=1S/C17H22N4O3/c1-11-5-3-6-12(2)21(11)16(22)10-20-17(23)13(18)9-14(19-20)15-7-4-8-24-15/h4,7-9,11-12H,3,5-6,10,18H2,1-2H3/t11-,12-/m1/s1. The minimum absolute atomic E-state index is 0.0453. The fourth-order valence-corrected chi connectivity index (χ4v) is 3.34. The highest BCUT2D eigenvalue weighted by Crippen LogP contribution is 2.23. The number of amides is 1. The van der Waals surface area contributed by atoms with Crippen LogP contribution in [0.4, 0.5) is 5.69 Å². The van der Waals surface area contributed by atoms with Crippen LogP contribution in [0.25, 0.3) is 11.5 Å². The summed E-state index contributed by atoms with van der Waals surface area (Å²) in [6.07, 6.45) is 4.59. The van der Waals surface area contributed by atoms with Crippen LogP contribution in [0.5, 0.6) is 0 Å². The fourth-order valence-electron chi connectivity index (χ4n) is 3.34. The Balaban J connectivity index is 1.89. The minimum Gasteiger partial charge on any atom is -0.463 e. The predicted molar refractivity (Wildman–Crippen MR) is 90.2 cm³/mol. The van der Waals surface area contributed by atoms with Crippen molar-refractivity contribution in [2.75, 3.05) is 5.73 Å². The van der Waals surface area contributed by atoms with Crippen LogP contribution in [0.1, 0.15) is 33.1 Å². The lowest BCUT2D eigenvalue weighted by molar-refractivity contribution is -0.138. The van der Waals surface area contributed by atoms with Crippen LogP contribution in [-0.2, 0) is 11.3 Å². The number of carbonyl (C=O) groups is 1. The third-order valence-electron chi connectivity index (χ3n) is 4.54. The molecule has 2 aromatic rings. The number of nitrogens with two attached hydrogens (primary N) is 1. The largest absolute Gasteiger partial charge is 0.463 e. The molecule has 0 aromatic carbocycles. The Bertz CT molecular complexity index is 772. The number of nitrogen functional groups attached to an aromatic ring is 1. The van der Waals surface area contributed by atoms with E-state index in [1.165, 1.54) is 12.3 Å². The number of furan rings is 1. The van der Waals surface area contributed by atoms with Crippen molar-refractivity contribution in [1.29, 1.82) is 0 Å². The molecular formula is C17H22N4O3. The molecule has 2 aromatic heterocycles. The monoisotopic (exact) mass is 330 g/mol. The normalized spacial score (nSPS) is 21.0. The summed E-state index contributed by atoms with van der Waals surface area (Å²) in [6.45, 7) is 3.96. The first-order chi connectivity index (χ1) is 11.5. The first kappa shape index (κ1) is 16.3. The van der Waals surface area contributed by atoms with Crippen LogP contribution in [0.2, 0.25) is 0 Å². The Hall–Kier alpha value is -2.57. The molecule has 0 saturated carbocycles. The SMILES string of the molecule is C[C@@H]1CCC[C@@H](C)N1C(=O)Cn1nc(-c2ccco2)cc(N)c1=O. The highest BCUT2D eigenvalue weighted by Gasteiger charge is 2.29. The first-order valence-corrected chi connectivity index (χ1v) is 8.20. The van der Waals surface area contributed by atoms with Crippen LogP contribution in [0.15, 0.2) is 33.7 Å². The summed E-state index contributed by atoms with van der Waals surface area (Å²) in [4.78, 5) is 26.8. The van der Waals surface area contributed by atoms with E-state index in [2.05, 4.69) is 5.10 Å². The summed E-state index contributed by atoms with van der Waals surface area (Å²) >= 11 is 0. The number of nitrogens with zero attached hydrogens (tertiary/aromatic N) is 3. The molecule has 1 aliphatic rings. The maximum atomic E-state index is 12.7. The van der Waals surface area contributed by atoms with Gasteiger partial charge in [-0.1, -0.05) is 0 Å². The maximum absolute atomic E-state index is 12.7. The Labute approximate surface area is 140 Å². The van der Waals surface area contributed by atoms with Crippen molar-refractivity contribution in [2.24, 2.45) is 0 Å². The molecule has 7 nitrogen and oxygen atoms in total. The topological polar surface area (TPSA) is 94.4 Å². The van der Waals surface area contributed by atoms with E-state index < -0.39 is 5.56 Å². The van der Waals surface area contributed by atoms with E-state index in [0.717, 1.165) is 23.9 Å². The van der Waals surface area contributed by atoms with E-state index >= 15 is 0 Å². The number of rotatable bonds is 3. The van der Waals surface area contributed by atoms with Gasteiger partial charge >= 0.3 is 0 Å². The molecule has 1 amide bonds. The van der Waals surface area contributed by atoms with Gasteiger partial charge in [-0.15, -0.1) is 0 Å². The molecule has 128 valence electrons. The van der Waals surface area contributed by atoms with Crippen LogP contribution < -0.4 is 11.3 Å². The third-order valence-corrected chi connectivity index (χ3v) is 4.54. The van der Waals surface area contributed by atoms with Crippen molar-refractivity contribution in [1.82, 2.24) is 14.7 Å². The van der Waals surface area contributed by atoms with Crippen molar-refractivity contribution in [3.63, 3.8) is 0 Å². The molecule has 1 fully saturated rings. The number of carbonyl (C=O) groups excluding carboxylic acids is 1. The lowest BCUT2D eigenvalue weighted by Gasteiger charge is -2.39. The van der Waals surface area contributed by atoms with E-state index in [-0.39, 0.29) is 30.2 Å². The summed E-state index contributed by atoms with van der Waals surface area (Å²) in [6, 6.07) is 5.26. The number of piperidine rings is 1. The zero-order valence-corrected chi connectivity index (χ0v) is 13.9. The van der Waals surface area contributed by atoms with Gasteiger partial charge in [0.1, 0.15) is 17.9 Å². The molecule has 7 heteroatoms. The lowest BCUT2D eigenvalue weighted by Crippen LogP contribution is -2.49. The average molecular weight is 330 g/mol.